The summed E-state index contributed by atoms with van der Waals surface area (Å²) in [6, 6.07) is 5.38. The molecule has 2 aromatic rings. The lowest BCUT2D eigenvalue weighted by molar-refractivity contribution is 0.172. The number of fused-ring (bicyclic) bond motifs is 1. The number of benzene rings is 1. The van der Waals surface area contributed by atoms with Crippen LogP contribution in [0.2, 0.25) is 0 Å². The van der Waals surface area contributed by atoms with Crippen LogP contribution in [0.15, 0.2) is 18.3 Å². The zero-order valence-corrected chi connectivity index (χ0v) is 13.6. The SMILES string of the molecule is COCCCOc1cc(C(C)NC2CC2)cc2cnn(C)c12. The Hall–Kier alpha value is -1.59. The van der Waals surface area contributed by atoms with E-state index in [0.29, 0.717) is 25.3 Å². The van der Waals surface area contributed by atoms with E-state index < -0.39 is 0 Å². The van der Waals surface area contributed by atoms with Crippen molar-refractivity contribution in [2.75, 3.05) is 20.3 Å². The highest BCUT2D eigenvalue weighted by atomic mass is 16.5. The van der Waals surface area contributed by atoms with Crippen molar-refractivity contribution in [3.8, 4) is 5.75 Å². The minimum atomic E-state index is 0.332. The Morgan fingerprint density at radius 3 is 2.91 bits per heavy atom. The molecule has 1 aromatic heterocycles. The molecule has 0 spiro atoms. The maximum Gasteiger partial charge on any atom is 0.145 e. The second-order valence-corrected chi connectivity index (χ2v) is 6.08. The minimum Gasteiger partial charge on any atom is -0.491 e. The molecule has 5 heteroatoms. The first-order valence-electron chi connectivity index (χ1n) is 8.02. The molecule has 0 saturated heterocycles. The van der Waals surface area contributed by atoms with Crippen molar-refractivity contribution in [3.05, 3.63) is 23.9 Å². The summed E-state index contributed by atoms with van der Waals surface area (Å²) in [7, 11) is 3.67. The fourth-order valence-corrected chi connectivity index (χ4v) is 2.75. The molecule has 0 amide bonds. The maximum absolute atomic E-state index is 6.00. The van der Waals surface area contributed by atoms with Crippen LogP contribution in [-0.2, 0) is 11.8 Å². The van der Waals surface area contributed by atoms with Crippen LogP contribution in [0.1, 0.15) is 37.8 Å². The molecule has 1 heterocycles. The Labute approximate surface area is 131 Å². The topological polar surface area (TPSA) is 48.3 Å². The van der Waals surface area contributed by atoms with Gasteiger partial charge in [-0.1, -0.05) is 0 Å². The summed E-state index contributed by atoms with van der Waals surface area (Å²) >= 11 is 0. The van der Waals surface area contributed by atoms with Crippen molar-refractivity contribution >= 4 is 10.9 Å². The number of ether oxygens (including phenoxy) is 2. The van der Waals surface area contributed by atoms with Gasteiger partial charge in [0.25, 0.3) is 0 Å². The largest absolute Gasteiger partial charge is 0.491 e. The van der Waals surface area contributed by atoms with Gasteiger partial charge in [0.15, 0.2) is 0 Å². The molecule has 1 unspecified atom stereocenters. The summed E-state index contributed by atoms with van der Waals surface area (Å²) in [5.41, 5.74) is 2.31. The predicted octanol–water partition coefficient (Wildman–Crippen LogP) is 2.80. The van der Waals surface area contributed by atoms with E-state index in [9.17, 15) is 0 Å². The van der Waals surface area contributed by atoms with Gasteiger partial charge in [-0.2, -0.15) is 5.10 Å². The van der Waals surface area contributed by atoms with E-state index in [1.165, 1.54) is 18.4 Å². The van der Waals surface area contributed by atoms with E-state index >= 15 is 0 Å². The predicted molar refractivity (Wildman–Crippen MR) is 87.3 cm³/mol. The number of hydrogen-bond acceptors (Lipinski definition) is 4. The summed E-state index contributed by atoms with van der Waals surface area (Å²) in [6.07, 6.45) is 5.38. The number of nitrogens with one attached hydrogen (secondary N) is 1. The zero-order chi connectivity index (χ0) is 15.5. The second-order valence-electron chi connectivity index (χ2n) is 6.08. The first kappa shape index (κ1) is 15.3. The Kier molecular flexibility index (Phi) is 4.64. The molecule has 1 aliphatic rings. The lowest BCUT2D eigenvalue weighted by atomic mass is 10.1. The standard InChI is InChI=1S/C17H25N3O2/c1-12(19-15-5-6-15)13-9-14-11-18-20(2)17(14)16(10-13)22-8-4-7-21-3/h9-12,15,19H,4-8H2,1-3H3. The van der Waals surface area contributed by atoms with E-state index in [2.05, 4.69) is 29.5 Å². The van der Waals surface area contributed by atoms with Crippen LogP contribution >= 0.6 is 0 Å². The second kappa shape index (κ2) is 6.67. The van der Waals surface area contributed by atoms with Gasteiger partial charge in [0, 0.05) is 44.7 Å². The molecule has 0 bridgehead atoms. The summed E-state index contributed by atoms with van der Waals surface area (Å²) < 4.78 is 13.0. The average Bonchev–Trinajstić information content (AvgIpc) is 3.25. The Bertz CT molecular complexity index is 634. The summed E-state index contributed by atoms with van der Waals surface area (Å²) in [5.74, 6) is 0.910. The highest BCUT2D eigenvalue weighted by Crippen LogP contribution is 2.31. The van der Waals surface area contributed by atoms with Crippen LogP contribution in [0.4, 0.5) is 0 Å². The molecular formula is C17H25N3O2. The molecule has 3 rings (SSSR count). The third kappa shape index (κ3) is 3.42. The van der Waals surface area contributed by atoms with Gasteiger partial charge < -0.3 is 14.8 Å². The van der Waals surface area contributed by atoms with E-state index in [4.69, 9.17) is 9.47 Å². The van der Waals surface area contributed by atoms with Crippen molar-refractivity contribution in [2.24, 2.45) is 7.05 Å². The maximum atomic E-state index is 6.00. The van der Waals surface area contributed by atoms with E-state index in [-0.39, 0.29) is 0 Å². The van der Waals surface area contributed by atoms with Crippen LogP contribution in [0, 0.1) is 0 Å². The molecule has 5 nitrogen and oxygen atoms in total. The molecule has 1 aliphatic carbocycles. The van der Waals surface area contributed by atoms with Gasteiger partial charge in [0.2, 0.25) is 0 Å². The Balaban J connectivity index is 1.83. The van der Waals surface area contributed by atoms with Crippen molar-refractivity contribution in [1.29, 1.82) is 0 Å². The number of aryl methyl sites for hydroxylation is 1. The molecule has 22 heavy (non-hydrogen) atoms. The third-order valence-corrected chi connectivity index (χ3v) is 4.13. The monoisotopic (exact) mass is 303 g/mol. The van der Waals surface area contributed by atoms with Crippen molar-refractivity contribution < 1.29 is 9.47 Å². The highest BCUT2D eigenvalue weighted by molar-refractivity contribution is 5.85. The fraction of sp³-hybridized carbons (Fsp3) is 0.588. The van der Waals surface area contributed by atoms with Crippen molar-refractivity contribution in [3.63, 3.8) is 0 Å². The van der Waals surface area contributed by atoms with E-state index in [0.717, 1.165) is 23.1 Å². The van der Waals surface area contributed by atoms with Crippen molar-refractivity contribution in [1.82, 2.24) is 15.1 Å². The average molecular weight is 303 g/mol. The first-order valence-corrected chi connectivity index (χ1v) is 8.02. The lowest BCUT2D eigenvalue weighted by Crippen LogP contribution is -2.20. The van der Waals surface area contributed by atoms with Gasteiger partial charge in [0.05, 0.1) is 12.8 Å². The van der Waals surface area contributed by atoms with Gasteiger partial charge in [-0.05, 0) is 37.5 Å². The molecule has 1 N–H and O–H groups in total. The Morgan fingerprint density at radius 1 is 1.36 bits per heavy atom. The number of methoxy groups -OCH3 is 1. The fourth-order valence-electron chi connectivity index (χ4n) is 2.75. The van der Waals surface area contributed by atoms with Gasteiger partial charge in [-0.15, -0.1) is 0 Å². The minimum absolute atomic E-state index is 0.332. The molecule has 120 valence electrons. The molecule has 0 aliphatic heterocycles. The van der Waals surface area contributed by atoms with Gasteiger partial charge in [-0.25, -0.2) is 0 Å². The summed E-state index contributed by atoms with van der Waals surface area (Å²) in [5, 5.41) is 9.14. The van der Waals surface area contributed by atoms with Gasteiger partial charge in [-0.3, -0.25) is 4.68 Å². The molecule has 1 atom stereocenters. The van der Waals surface area contributed by atoms with Crippen molar-refractivity contribution in [2.45, 2.75) is 38.3 Å². The van der Waals surface area contributed by atoms with Crippen LogP contribution in [0.25, 0.3) is 10.9 Å². The zero-order valence-electron chi connectivity index (χ0n) is 13.6. The Morgan fingerprint density at radius 2 is 2.18 bits per heavy atom. The number of nitrogens with zero attached hydrogens (tertiary/aromatic N) is 2. The number of aromatic nitrogens is 2. The first-order chi connectivity index (χ1) is 10.7. The number of rotatable bonds is 8. The van der Waals surface area contributed by atoms with Gasteiger partial charge in [0.1, 0.15) is 11.3 Å². The third-order valence-electron chi connectivity index (χ3n) is 4.13. The number of hydrogen-bond donors (Lipinski definition) is 1. The molecule has 1 saturated carbocycles. The van der Waals surface area contributed by atoms with E-state index in [1.807, 2.05) is 17.9 Å². The smallest absolute Gasteiger partial charge is 0.145 e. The summed E-state index contributed by atoms with van der Waals surface area (Å²) in [6.45, 7) is 3.58. The molecular weight excluding hydrogens is 278 g/mol. The van der Waals surface area contributed by atoms with Crippen LogP contribution in [-0.4, -0.2) is 36.1 Å². The highest BCUT2D eigenvalue weighted by Gasteiger charge is 2.24. The van der Waals surface area contributed by atoms with Crippen LogP contribution < -0.4 is 10.1 Å². The van der Waals surface area contributed by atoms with Gasteiger partial charge >= 0.3 is 0 Å². The summed E-state index contributed by atoms with van der Waals surface area (Å²) in [4.78, 5) is 0. The molecule has 0 radical (unpaired) electrons. The quantitative estimate of drug-likeness (QED) is 0.762. The molecule has 1 fully saturated rings. The lowest BCUT2D eigenvalue weighted by Gasteiger charge is -2.16. The van der Waals surface area contributed by atoms with Crippen LogP contribution in [0.3, 0.4) is 0 Å². The van der Waals surface area contributed by atoms with E-state index in [1.54, 1.807) is 7.11 Å². The van der Waals surface area contributed by atoms with Crippen LogP contribution in [0.5, 0.6) is 5.75 Å². The normalized spacial score (nSPS) is 16.1. The molecule has 1 aromatic carbocycles.